The van der Waals surface area contributed by atoms with Gasteiger partial charge in [0.1, 0.15) is 6.26 Å². The van der Waals surface area contributed by atoms with Gasteiger partial charge in [-0.15, -0.1) is 0 Å². The van der Waals surface area contributed by atoms with Gasteiger partial charge in [-0.1, -0.05) is 17.4 Å². The maximum absolute atomic E-state index is 12.9. The maximum Gasteiger partial charge on any atom is 0.260 e. The number of nitrogens with one attached hydrogen (secondary N) is 2. The number of rotatable bonds is 3. The molecule has 0 radical (unpaired) electrons. The van der Waals surface area contributed by atoms with Crippen molar-refractivity contribution >= 4 is 39.2 Å². The third-order valence-corrected chi connectivity index (χ3v) is 5.82. The smallest absolute Gasteiger partial charge is 0.260 e. The Hall–Kier alpha value is -3.39. The Balaban J connectivity index is 1.32. The molecule has 1 aliphatic heterocycles. The molecular weight excluding hydrogens is 376 g/mol. The number of carbonyl (C=O) groups is 2. The van der Waals surface area contributed by atoms with Gasteiger partial charge in [0.05, 0.1) is 24.1 Å². The van der Waals surface area contributed by atoms with Crippen LogP contribution in [0.25, 0.3) is 10.9 Å². The van der Waals surface area contributed by atoms with Crippen LogP contribution in [-0.4, -0.2) is 33.2 Å². The number of aromatic amines is 1. The van der Waals surface area contributed by atoms with Gasteiger partial charge in [-0.2, -0.15) is 0 Å². The zero-order valence-corrected chi connectivity index (χ0v) is 15.6. The molecule has 0 unspecified atom stereocenters. The summed E-state index contributed by atoms with van der Waals surface area (Å²) in [5, 5.41) is 4.42. The highest BCUT2D eigenvalue weighted by Gasteiger charge is 2.25. The van der Waals surface area contributed by atoms with E-state index < -0.39 is 0 Å². The first-order chi connectivity index (χ1) is 13.7. The Kier molecular flexibility index (Phi) is 3.98. The lowest BCUT2D eigenvalue weighted by Gasteiger charge is -2.26. The van der Waals surface area contributed by atoms with Crippen LogP contribution in [0, 0.1) is 0 Å². The number of nitrogens with zero attached hydrogens (tertiary/aromatic N) is 2. The quantitative estimate of drug-likeness (QED) is 0.557. The Morgan fingerprint density at radius 3 is 3.00 bits per heavy atom. The number of hydrogen-bond donors (Lipinski definition) is 2. The molecule has 1 aromatic carbocycles. The number of furan rings is 1. The molecule has 0 saturated heterocycles. The van der Waals surface area contributed by atoms with Crippen LogP contribution >= 0.6 is 11.3 Å². The van der Waals surface area contributed by atoms with Crippen LogP contribution in [-0.2, 0) is 13.0 Å². The number of amides is 2. The third kappa shape index (κ3) is 2.97. The fourth-order valence-electron chi connectivity index (χ4n) is 3.35. The van der Waals surface area contributed by atoms with E-state index >= 15 is 0 Å². The van der Waals surface area contributed by atoms with Crippen LogP contribution in [0.5, 0.6) is 0 Å². The Labute approximate surface area is 164 Å². The van der Waals surface area contributed by atoms with Crippen LogP contribution in [0.1, 0.15) is 31.3 Å². The molecule has 140 valence electrons. The average Bonchev–Trinajstić information content (AvgIpc) is 3.45. The molecule has 4 heterocycles. The number of carbonyl (C=O) groups excluding carboxylic acids is 2. The van der Waals surface area contributed by atoms with Crippen LogP contribution in [0.3, 0.4) is 0 Å². The van der Waals surface area contributed by atoms with Crippen molar-refractivity contribution in [2.45, 2.75) is 13.0 Å². The van der Waals surface area contributed by atoms with Gasteiger partial charge in [0.15, 0.2) is 5.13 Å². The lowest BCUT2D eigenvalue weighted by molar-refractivity contribution is 0.0736. The summed E-state index contributed by atoms with van der Waals surface area (Å²) in [6.07, 6.45) is 5.38. The summed E-state index contributed by atoms with van der Waals surface area (Å²) in [7, 11) is 0. The number of hydrogen-bond acceptors (Lipinski definition) is 5. The van der Waals surface area contributed by atoms with Crippen LogP contribution in [0.4, 0.5) is 5.13 Å². The number of aromatic nitrogens is 2. The minimum absolute atomic E-state index is 0.000433. The van der Waals surface area contributed by atoms with Crippen LogP contribution < -0.4 is 5.32 Å². The van der Waals surface area contributed by atoms with E-state index in [9.17, 15) is 9.59 Å². The lowest BCUT2D eigenvalue weighted by Crippen LogP contribution is -2.35. The second-order valence-corrected chi connectivity index (χ2v) is 7.70. The fourth-order valence-corrected chi connectivity index (χ4v) is 4.37. The summed E-state index contributed by atoms with van der Waals surface area (Å²) in [5.41, 5.74) is 3.00. The first kappa shape index (κ1) is 16.8. The van der Waals surface area contributed by atoms with Gasteiger partial charge in [-0.3, -0.25) is 14.9 Å². The molecule has 2 N–H and O–H groups in total. The molecule has 2 amide bonds. The molecule has 0 fully saturated rings. The Morgan fingerprint density at radius 1 is 1.21 bits per heavy atom. The first-order valence-corrected chi connectivity index (χ1v) is 9.67. The highest BCUT2D eigenvalue weighted by molar-refractivity contribution is 7.15. The highest BCUT2D eigenvalue weighted by atomic mass is 32.1. The van der Waals surface area contributed by atoms with Crippen molar-refractivity contribution in [1.82, 2.24) is 14.9 Å². The van der Waals surface area contributed by atoms with E-state index in [0.29, 0.717) is 35.8 Å². The van der Waals surface area contributed by atoms with Crippen molar-refractivity contribution in [2.24, 2.45) is 0 Å². The summed E-state index contributed by atoms with van der Waals surface area (Å²) in [6, 6.07) is 9.27. The molecule has 28 heavy (non-hydrogen) atoms. The second kappa shape index (κ2) is 6.65. The minimum atomic E-state index is -0.257. The summed E-state index contributed by atoms with van der Waals surface area (Å²) in [5.74, 6) is -0.258. The van der Waals surface area contributed by atoms with Gasteiger partial charge in [0.25, 0.3) is 11.8 Å². The van der Waals surface area contributed by atoms with Crippen LogP contribution in [0.15, 0.2) is 53.5 Å². The van der Waals surface area contributed by atoms with Gasteiger partial charge in [0, 0.05) is 35.1 Å². The van der Waals surface area contributed by atoms with Crippen molar-refractivity contribution in [2.75, 3.05) is 11.9 Å². The molecule has 0 aliphatic carbocycles. The molecule has 0 spiro atoms. The number of benzene rings is 1. The van der Waals surface area contributed by atoms with E-state index in [0.717, 1.165) is 21.5 Å². The maximum atomic E-state index is 12.9. The molecule has 5 rings (SSSR count). The molecule has 4 aromatic rings. The van der Waals surface area contributed by atoms with E-state index in [1.54, 1.807) is 6.07 Å². The first-order valence-electron chi connectivity index (χ1n) is 8.86. The molecule has 0 bridgehead atoms. The minimum Gasteiger partial charge on any atom is -0.472 e. The predicted molar refractivity (Wildman–Crippen MR) is 106 cm³/mol. The summed E-state index contributed by atoms with van der Waals surface area (Å²) in [4.78, 5) is 35.6. The van der Waals surface area contributed by atoms with Crippen LogP contribution in [0.2, 0.25) is 0 Å². The fraction of sp³-hybridized carbons (Fsp3) is 0.150. The van der Waals surface area contributed by atoms with Gasteiger partial charge in [-0.05, 0) is 29.7 Å². The molecule has 0 saturated carbocycles. The van der Waals surface area contributed by atoms with Gasteiger partial charge in [0.2, 0.25) is 0 Å². The number of fused-ring (bicyclic) bond motifs is 2. The van der Waals surface area contributed by atoms with Crippen molar-refractivity contribution in [1.29, 1.82) is 0 Å². The van der Waals surface area contributed by atoms with Gasteiger partial charge in [-0.25, -0.2) is 4.98 Å². The summed E-state index contributed by atoms with van der Waals surface area (Å²) in [6.45, 7) is 1.10. The van der Waals surface area contributed by atoms with E-state index in [1.807, 2.05) is 35.4 Å². The lowest BCUT2D eigenvalue weighted by atomic mass is 10.1. The molecule has 3 aromatic heterocycles. The van der Waals surface area contributed by atoms with E-state index in [-0.39, 0.29) is 11.8 Å². The number of thiazole rings is 1. The SMILES string of the molecule is O=C(Nc1nc2c(s1)CN(C(=O)c1ccc3cc[nH]c3c1)CC2)c1ccoc1. The van der Waals surface area contributed by atoms with Gasteiger partial charge >= 0.3 is 0 Å². The standard InChI is InChI=1S/C20H16N4O3S/c25-18(14-5-8-27-11-14)23-20-22-15-4-7-24(10-17(15)28-20)19(26)13-2-1-12-3-6-21-16(12)9-13/h1-3,5-6,8-9,11,21H,4,7,10H2,(H,22,23,25). The average molecular weight is 392 g/mol. The number of H-pyrrole nitrogens is 1. The largest absolute Gasteiger partial charge is 0.472 e. The van der Waals surface area contributed by atoms with Crippen molar-refractivity contribution in [3.63, 3.8) is 0 Å². The normalized spacial score (nSPS) is 13.5. The molecule has 7 nitrogen and oxygen atoms in total. The topological polar surface area (TPSA) is 91.2 Å². The van der Waals surface area contributed by atoms with E-state index in [1.165, 1.54) is 23.9 Å². The zero-order chi connectivity index (χ0) is 19.1. The Morgan fingerprint density at radius 2 is 2.14 bits per heavy atom. The van der Waals surface area contributed by atoms with Gasteiger partial charge < -0.3 is 14.3 Å². The van der Waals surface area contributed by atoms with Crippen molar-refractivity contribution < 1.29 is 14.0 Å². The van der Waals surface area contributed by atoms with Crippen molar-refractivity contribution in [3.05, 3.63) is 70.8 Å². The summed E-state index contributed by atoms with van der Waals surface area (Å²) >= 11 is 1.41. The molecule has 0 atom stereocenters. The molecule has 1 aliphatic rings. The van der Waals surface area contributed by atoms with E-state index in [4.69, 9.17) is 4.42 Å². The number of anilines is 1. The molecule has 8 heteroatoms. The van der Waals surface area contributed by atoms with Crippen molar-refractivity contribution in [3.8, 4) is 0 Å². The second-order valence-electron chi connectivity index (χ2n) is 6.61. The summed E-state index contributed by atoms with van der Waals surface area (Å²) < 4.78 is 4.93. The monoisotopic (exact) mass is 392 g/mol. The Bertz CT molecular complexity index is 1180. The predicted octanol–water partition coefficient (Wildman–Crippen LogP) is 3.67. The highest BCUT2D eigenvalue weighted by Crippen LogP contribution is 2.29. The molecular formula is C20H16N4O3S. The zero-order valence-electron chi connectivity index (χ0n) is 14.8. The third-order valence-electron chi connectivity index (χ3n) is 4.82. The van der Waals surface area contributed by atoms with E-state index in [2.05, 4.69) is 15.3 Å².